The summed E-state index contributed by atoms with van der Waals surface area (Å²) in [6.07, 6.45) is 0.936. The second-order valence-electron chi connectivity index (χ2n) is 3.08. The number of hydrogen-bond donors (Lipinski definition) is 1. The lowest BCUT2D eigenvalue weighted by Crippen LogP contribution is -2.33. The van der Waals surface area contributed by atoms with Gasteiger partial charge in [0.25, 0.3) is 0 Å². The van der Waals surface area contributed by atoms with Gasteiger partial charge in [0.2, 0.25) is 0 Å². The standard InChI is InChI=1S/C8H17NO.C2H6.H2/c1-6(2)5-8(9-4)7(3)10;1-2;/h6,8-9H,5H2,1-4H3;1-2H3;1H. The Morgan fingerprint density at radius 2 is 1.83 bits per heavy atom. The molecule has 0 rings (SSSR count). The molecule has 0 aromatic heterocycles. The van der Waals surface area contributed by atoms with Crippen molar-refractivity contribution in [2.24, 2.45) is 5.92 Å². The van der Waals surface area contributed by atoms with E-state index in [4.69, 9.17) is 0 Å². The Bertz CT molecular complexity index is 115. The van der Waals surface area contributed by atoms with E-state index >= 15 is 0 Å². The molecular formula is C10H25NO. The molecule has 0 fully saturated rings. The van der Waals surface area contributed by atoms with Gasteiger partial charge in [-0.25, -0.2) is 0 Å². The first-order valence-corrected chi connectivity index (χ1v) is 4.75. The van der Waals surface area contributed by atoms with Crippen molar-refractivity contribution in [3.63, 3.8) is 0 Å². The highest BCUT2D eigenvalue weighted by Crippen LogP contribution is 2.04. The Morgan fingerprint density at radius 3 is 1.92 bits per heavy atom. The third-order valence-corrected chi connectivity index (χ3v) is 1.55. The van der Waals surface area contributed by atoms with Gasteiger partial charge < -0.3 is 5.32 Å². The quantitative estimate of drug-likeness (QED) is 0.711. The van der Waals surface area contributed by atoms with Crippen LogP contribution in [0.15, 0.2) is 0 Å². The molecule has 1 atom stereocenters. The van der Waals surface area contributed by atoms with Gasteiger partial charge in [-0.05, 0) is 26.3 Å². The van der Waals surface area contributed by atoms with Crippen LogP contribution in [0.25, 0.3) is 0 Å². The molecule has 0 aliphatic heterocycles. The topological polar surface area (TPSA) is 29.1 Å². The summed E-state index contributed by atoms with van der Waals surface area (Å²) in [6.45, 7) is 9.87. The third-order valence-electron chi connectivity index (χ3n) is 1.55. The Hall–Kier alpha value is -0.370. The molecule has 0 aliphatic rings. The van der Waals surface area contributed by atoms with Crippen molar-refractivity contribution in [3.05, 3.63) is 0 Å². The lowest BCUT2D eigenvalue weighted by molar-refractivity contribution is -0.119. The van der Waals surface area contributed by atoms with Crippen LogP contribution >= 0.6 is 0 Å². The van der Waals surface area contributed by atoms with Crippen molar-refractivity contribution < 1.29 is 6.22 Å². The molecule has 0 spiro atoms. The van der Waals surface area contributed by atoms with E-state index in [1.165, 1.54) is 0 Å². The van der Waals surface area contributed by atoms with Crippen LogP contribution in [0.4, 0.5) is 0 Å². The fourth-order valence-electron chi connectivity index (χ4n) is 0.958. The summed E-state index contributed by atoms with van der Waals surface area (Å²) >= 11 is 0. The van der Waals surface area contributed by atoms with Crippen molar-refractivity contribution >= 4 is 5.78 Å². The number of likely N-dealkylation sites (N-methyl/N-ethyl adjacent to an activating group) is 1. The zero-order chi connectivity index (χ0) is 10.1. The van der Waals surface area contributed by atoms with Crippen LogP contribution in [0.5, 0.6) is 0 Å². The van der Waals surface area contributed by atoms with Crippen LogP contribution in [0.1, 0.15) is 42.5 Å². The summed E-state index contributed by atoms with van der Waals surface area (Å²) in [5, 5.41) is 2.98. The number of carbonyl (C=O) groups is 1. The summed E-state index contributed by atoms with van der Waals surface area (Å²) in [5.41, 5.74) is 0. The number of Topliss-reactive ketones (excluding diaryl/α,β-unsaturated/α-hetero) is 1. The number of ketones is 1. The van der Waals surface area contributed by atoms with Crippen LogP contribution in [0, 0.1) is 5.92 Å². The van der Waals surface area contributed by atoms with E-state index in [1.54, 1.807) is 6.92 Å². The number of nitrogens with one attached hydrogen (secondary N) is 1. The van der Waals surface area contributed by atoms with Crippen LogP contribution in [0.3, 0.4) is 0 Å². The molecule has 12 heavy (non-hydrogen) atoms. The van der Waals surface area contributed by atoms with Crippen LogP contribution < -0.4 is 5.32 Å². The molecule has 0 saturated heterocycles. The zero-order valence-corrected chi connectivity index (χ0v) is 9.27. The highest BCUT2D eigenvalue weighted by Gasteiger charge is 2.12. The van der Waals surface area contributed by atoms with E-state index < -0.39 is 0 Å². The van der Waals surface area contributed by atoms with Gasteiger partial charge in [0.1, 0.15) is 5.78 Å². The Labute approximate surface area is 78.2 Å². The largest absolute Gasteiger partial charge is 0.311 e. The molecule has 0 aromatic rings. The average molecular weight is 175 g/mol. The summed E-state index contributed by atoms with van der Waals surface area (Å²) in [6, 6.07) is 0.0556. The van der Waals surface area contributed by atoms with Crippen molar-refractivity contribution in [1.82, 2.24) is 5.32 Å². The minimum absolute atomic E-state index is 0. The lowest BCUT2D eigenvalue weighted by atomic mass is 10.0. The predicted molar refractivity (Wildman–Crippen MR) is 56.4 cm³/mol. The van der Waals surface area contributed by atoms with E-state index in [9.17, 15) is 4.79 Å². The molecule has 0 saturated carbocycles. The molecule has 0 amide bonds. The van der Waals surface area contributed by atoms with Gasteiger partial charge in [0.05, 0.1) is 6.04 Å². The molecule has 0 aromatic carbocycles. The van der Waals surface area contributed by atoms with E-state index in [1.807, 2.05) is 20.9 Å². The molecule has 0 heterocycles. The number of hydrogen-bond acceptors (Lipinski definition) is 2. The smallest absolute Gasteiger partial charge is 0.146 e. The van der Waals surface area contributed by atoms with E-state index in [2.05, 4.69) is 19.2 Å². The monoisotopic (exact) mass is 175 g/mol. The maximum absolute atomic E-state index is 10.8. The zero-order valence-electron chi connectivity index (χ0n) is 9.27. The van der Waals surface area contributed by atoms with Gasteiger partial charge in [0.15, 0.2) is 0 Å². The van der Waals surface area contributed by atoms with E-state index in [-0.39, 0.29) is 13.3 Å². The summed E-state index contributed by atoms with van der Waals surface area (Å²) in [4.78, 5) is 10.8. The maximum atomic E-state index is 10.8. The maximum Gasteiger partial charge on any atom is 0.146 e. The van der Waals surface area contributed by atoms with E-state index in [0.717, 1.165) is 6.42 Å². The molecular weight excluding hydrogens is 150 g/mol. The van der Waals surface area contributed by atoms with Crippen LogP contribution in [-0.2, 0) is 4.79 Å². The van der Waals surface area contributed by atoms with Crippen molar-refractivity contribution in [2.45, 2.75) is 47.1 Å². The summed E-state index contributed by atoms with van der Waals surface area (Å²) in [7, 11) is 1.83. The lowest BCUT2D eigenvalue weighted by Gasteiger charge is -2.14. The summed E-state index contributed by atoms with van der Waals surface area (Å²) in [5.74, 6) is 0.817. The normalized spacial score (nSPS) is 11.9. The van der Waals surface area contributed by atoms with Gasteiger partial charge in [-0.2, -0.15) is 0 Å². The predicted octanol–water partition coefficient (Wildman–Crippen LogP) is 2.48. The third kappa shape index (κ3) is 7.73. The van der Waals surface area contributed by atoms with Crippen LogP contribution in [-0.4, -0.2) is 18.9 Å². The first kappa shape index (κ1) is 14.2. The molecule has 2 nitrogen and oxygen atoms in total. The Kier molecular flexibility index (Phi) is 10.3. The minimum Gasteiger partial charge on any atom is -0.311 e. The van der Waals surface area contributed by atoms with Gasteiger partial charge in [-0.15, -0.1) is 0 Å². The molecule has 1 unspecified atom stereocenters. The van der Waals surface area contributed by atoms with Gasteiger partial charge >= 0.3 is 0 Å². The fourth-order valence-corrected chi connectivity index (χ4v) is 0.958. The van der Waals surface area contributed by atoms with Crippen molar-refractivity contribution in [1.29, 1.82) is 0 Å². The minimum atomic E-state index is 0. The highest BCUT2D eigenvalue weighted by atomic mass is 16.1. The number of rotatable bonds is 4. The highest BCUT2D eigenvalue weighted by molar-refractivity contribution is 5.81. The van der Waals surface area contributed by atoms with Crippen molar-refractivity contribution in [3.8, 4) is 0 Å². The van der Waals surface area contributed by atoms with Gasteiger partial charge in [-0.3, -0.25) is 4.79 Å². The molecule has 76 valence electrons. The summed E-state index contributed by atoms with van der Waals surface area (Å²) < 4.78 is 0. The first-order chi connectivity index (χ1) is 5.57. The molecule has 1 N–H and O–H groups in total. The molecule has 0 radical (unpaired) electrons. The Balaban J connectivity index is -0.000000309. The van der Waals surface area contributed by atoms with Crippen LogP contribution in [0.2, 0.25) is 0 Å². The fraction of sp³-hybridized carbons (Fsp3) is 0.900. The SMILES string of the molecule is CC.CNC(CC(C)C)C(C)=O.[HH]. The van der Waals surface area contributed by atoms with Gasteiger partial charge in [0, 0.05) is 1.43 Å². The molecule has 2 heteroatoms. The second kappa shape index (κ2) is 8.72. The second-order valence-corrected chi connectivity index (χ2v) is 3.08. The Morgan fingerprint density at radius 1 is 1.42 bits per heavy atom. The average Bonchev–Trinajstić information content (AvgIpc) is 2.03. The molecule has 0 bridgehead atoms. The number of carbonyl (C=O) groups excluding carboxylic acids is 1. The molecule has 0 aliphatic carbocycles. The first-order valence-electron chi connectivity index (χ1n) is 4.75. The van der Waals surface area contributed by atoms with Crippen molar-refractivity contribution in [2.75, 3.05) is 7.05 Å². The van der Waals surface area contributed by atoms with E-state index in [0.29, 0.717) is 5.92 Å². The van der Waals surface area contributed by atoms with Gasteiger partial charge in [-0.1, -0.05) is 27.7 Å².